The SMILES string of the molecule is CCNCc1cc(N2CCSC(C)C2)ncc1Cl. The van der Waals surface area contributed by atoms with Crippen LogP contribution in [-0.4, -0.2) is 35.6 Å². The van der Waals surface area contributed by atoms with Gasteiger partial charge in [-0.2, -0.15) is 11.8 Å². The second-order valence-electron chi connectivity index (χ2n) is 4.54. The molecular weight excluding hydrogens is 266 g/mol. The standard InChI is InChI=1S/C13H20ClN3S/c1-3-15-7-11-6-13(16-8-12(11)14)17-4-5-18-10(2)9-17/h6,8,10,15H,3-5,7,9H2,1-2H3. The first kappa shape index (κ1) is 14.0. The highest BCUT2D eigenvalue weighted by molar-refractivity contribution is 8.00. The number of nitrogens with zero attached hydrogens (tertiary/aromatic N) is 2. The lowest BCUT2D eigenvalue weighted by molar-refractivity contribution is 0.722. The monoisotopic (exact) mass is 285 g/mol. The molecule has 100 valence electrons. The molecule has 2 rings (SSSR count). The van der Waals surface area contributed by atoms with Crippen molar-refractivity contribution in [1.29, 1.82) is 0 Å². The van der Waals surface area contributed by atoms with E-state index >= 15 is 0 Å². The van der Waals surface area contributed by atoms with Crippen molar-refractivity contribution in [2.24, 2.45) is 0 Å². The van der Waals surface area contributed by atoms with Crippen molar-refractivity contribution in [3.05, 3.63) is 22.8 Å². The quantitative estimate of drug-likeness (QED) is 0.921. The highest BCUT2D eigenvalue weighted by atomic mass is 35.5. The lowest BCUT2D eigenvalue weighted by Crippen LogP contribution is -2.37. The fourth-order valence-corrected chi connectivity index (χ4v) is 3.25. The van der Waals surface area contributed by atoms with Crippen LogP contribution in [0.3, 0.4) is 0 Å². The van der Waals surface area contributed by atoms with Crippen LogP contribution in [0.15, 0.2) is 12.3 Å². The van der Waals surface area contributed by atoms with Crippen LogP contribution in [0.4, 0.5) is 5.82 Å². The lowest BCUT2D eigenvalue weighted by atomic mass is 10.2. The fraction of sp³-hybridized carbons (Fsp3) is 0.615. The van der Waals surface area contributed by atoms with E-state index in [1.165, 1.54) is 5.75 Å². The van der Waals surface area contributed by atoms with Gasteiger partial charge < -0.3 is 10.2 Å². The number of nitrogens with one attached hydrogen (secondary N) is 1. The maximum absolute atomic E-state index is 6.17. The van der Waals surface area contributed by atoms with Gasteiger partial charge in [0.2, 0.25) is 0 Å². The number of rotatable bonds is 4. The Morgan fingerprint density at radius 1 is 1.61 bits per heavy atom. The predicted octanol–water partition coefficient (Wildman–Crippen LogP) is 2.79. The van der Waals surface area contributed by atoms with E-state index in [1.807, 2.05) is 11.8 Å². The summed E-state index contributed by atoms with van der Waals surface area (Å²) in [5, 5.41) is 4.73. The molecule has 0 saturated carbocycles. The second kappa shape index (κ2) is 6.64. The maximum Gasteiger partial charge on any atom is 0.128 e. The van der Waals surface area contributed by atoms with Crippen molar-refractivity contribution < 1.29 is 0 Å². The third-order valence-electron chi connectivity index (χ3n) is 3.05. The molecule has 2 heterocycles. The number of hydrogen-bond donors (Lipinski definition) is 1. The Hall–Kier alpha value is -0.450. The highest BCUT2D eigenvalue weighted by Gasteiger charge is 2.18. The van der Waals surface area contributed by atoms with E-state index in [2.05, 4.69) is 35.1 Å². The Kier molecular flexibility index (Phi) is 5.15. The largest absolute Gasteiger partial charge is 0.355 e. The zero-order chi connectivity index (χ0) is 13.0. The molecule has 1 unspecified atom stereocenters. The molecule has 0 aliphatic carbocycles. The van der Waals surface area contributed by atoms with E-state index in [9.17, 15) is 0 Å². The third-order valence-corrected chi connectivity index (χ3v) is 4.53. The minimum atomic E-state index is 0.674. The fourth-order valence-electron chi connectivity index (χ4n) is 2.06. The lowest BCUT2D eigenvalue weighted by Gasteiger charge is -2.31. The summed E-state index contributed by atoms with van der Waals surface area (Å²) in [7, 11) is 0. The van der Waals surface area contributed by atoms with Crippen LogP contribution in [0, 0.1) is 0 Å². The van der Waals surface area contributed by atoms with E-state index in [1.54, 1.807) is 6.20 Å². The van der Waals surface area contributed by atoms with Gasteiger partial charge in [0.25, 0.3) is 0 Å². The van der Waals surface area contributed by atoms with Crippen LogP contribution in [0.1, 0.15) is 19.4 Å². The van der Waals surface area contributed by atoms with Crippen molar-refractivity contribution >= 4 is 29.2 Å². The van der Waals surface area contributed by atoms with Gasteiger partial charge in [0.05, 0.1) is 5.02 Å². The molecule has 1 saturated heterocycles. The van der Waals surface area contributed by atoms with Crippen LogP contribution >= 0.6 is 23.4 Å². The number of anilines is 1. The van der Waals surface area contributed by atoms with E-state index in [0.29, 0.717) is 5.25 Å². The predicted molar refractivity (Wildman–Crippen MR) is 80.8 cm³/mol. The molecule has 0 bridgehead atoms. The molecule has 1 atom stereocenters. The van der Waals surface area contributed by atoms with E-state index in [0.717, 1.165) is 42.6 Å². The van der Waals surface area contributed by atoms with E-state index in [-0.39, 0.29) is 0 Å². The zero-order valence-corrected chi connectivity index (χ0v) is 12.5. The topological polar surface area (TPSA) is 28.2 Å². The molecule has 1 aromatic heterocycles. The van der Waals surface area contributed by atoms with Gasteiger partial charge in [0.1, 0.15) is 5.82 Å². The first-order valence-electron chi connectivity index (χ1n) is 6.42. The number of thioether (sulfide) groups is 1. The maximum atomic E-state index is 6.17. The van der Waals surface area contributed by atoms with Gasteiger partial charge in [0, 0.05) is 36.8 Å². The molecule has 1 aliphatic rings. The van der Waals surface area contributed by atoms with Gasteiger partial charge in [-0.05, 0) is 18.2 Å². The minimum absolute atomic E-state index is 0.674. The Morgan fingerprint density at radius 3 is 3.17 bits per heavy atom. The molecule has 1 aromatic rings. The van der Waals surface area contributed by atoms with Crippen LogP contribution in [0.5, 0.6) is 0 Å². The molecule has 1 N–H and O–H groups in total. The van der Waals surface area contributed by atoms with Crippen LogP contribution in [0.2, 0.25) is 5.02 Å². The Balaban J connectivity index is 2.12. The number of halogens is 1. The summed E-state index contributed by atoms with van der Waals surface area (Å²) in [6.07, 6.45) is 1.77. The molecule has 0 radical (unpaired) electrons. The first-order chi connectivity index (χ1) is 8.70. The Bertz CT molecular complexity index is 400. The average Bonchev–Trinajstić information content (AvgIpc) is 2.38. The summed E-state index contributed by atoms with van der Waals surface area (Å²) in [6, 6.07) is 2.12. The molecule has 18 heavy (non-hydrogen) atoms. The van der Waals surface area contributed by atoms with Gasteiger partial charge in [-0.25, -0.2) is 4.98 Å². The van der Waals surface area contributed by atoms with Crippen LogP contribution < -0.4 is 10.2 Å². The number of pyridine rings is 1. The summed E-state index contributed by atoms with van der Waals surface area (Å²) >= 11 is 8.20. The summed E-state index contributed by atoms with van der Waals surface area (Å²) < 4.78 is 0. The molecular formula is C13H20ClN3S. The summed E-state index contributed by atoms with van der Waals surface area (Å²) in [5.74, 6) is 2.23. The molecule has 1 fully saturated rings. The van der Waals surface area contributed by atoms with E-state index < -0.39 is 0 Å². The second-order valence-corrected chi connectivity index (χ2v) is 6.50. The Labute approximate surface area is 118 Å². The van der Waals surface area contributed by atoms with Gasteiger partial charge in [-0.3, -0.25) is 0 Å². The minimum Gasteiger partial charge on any atom is -0.355 e. The van der Waals surface area contributed by atoms with Gasteiger partial charge >= 0.3 is 0 Å². The van der Waals surface area contributed by atoms with Crippen molar-refractivity contribution in [2.45, 2.75) is 25.6 Å². The van der Waals surface area contributed by atoms with Crippen molar-refractivity contribution in [3.63, 3.8) is 0 Å². The number of aromatic nitrogens is 1. The molecule has 0 spiro atoms. The molecule has 0 amide bonds. The van der Waals surface area contributed by atoms with Crippen LogP contribution in [0.25, 0.3) is 0 Å². The highest BCUT2D eigenvalue weighted by Crippen LogP contribution is 2.25. The molecule has 3 nitrogen and oxygen atoms in total. The Morgan fingerprint density at radius 2 is 2.44 bits per heavy atom. The normalized spacial score (nSPS) is 20.2. The summed E-state index contributed by atoms with van der Waals surface area (Å²) in [4.78, 5) is 6.82. The van der Waals surface area contributed by atoms with E-state index in [4.69, 9.17) is 11.6 Å². The summed E-state index contributed by atoms with van der Waals surface area (Å²) in [5.41, 5.74) is 1.13. The zero-order valence-electron chi connectivity index (χ0n) is 10.9. The molecule has 1 aliphatic heterocycles. The van der Waals surface area contributed by atoms with Crippen molar-refractivity contribution in [1.82, 2.24) is 10.3 Å². The smallest absolute Gasteiger partial charge is 0.128 e. The van der Waals surface area contributed by atoms with Crippen molar-refractivity contribution in [3.8, 4) is 0 Å². The number of hydrogen-bond acceptors (Lipinski definition) is 4. The summed E-state index contributed by atoms with van der Waals surface area (Å²) in [6.45, 7) is 8.27. The molecule has 5 heteroatoms. The third kappa shape index (κ3) is 3.53. The average molecular weight is 286 g/mol. The first-order valence-corrected chi connectivity index (χ1v) is 7.85. The van der Waals surface area contributed by atoms with Crippen molar-refractivity contribution in [2.75, 3.05) is 30.3 Å². The molecule has 0 aromatic carbocycles. The van der Waals surface area contributed by atoms with Crippen LogP contribution in [-0.2, 0) is 6.54 Å². The van der Waals surface area contributed by atoms with Gasteiger partial charge in [-0.1, -0.05) is 25.4 Å². The van der Waals surface area contributed by atoms with Gasteiger partial charge in [0.15, 0.2) is 0 Å². The van der Waals surface area contributed by atoms with Gasteiger partial charge in [-0.15, -0.1) is 0 Å².